The summed E-state index contributed by atoms with van der Waals surface area (Å²) < 4.78 is 10.9. The highest BCUT2D eigenvalue weighted by Crippen LogP contribution is 2.31. The second kappa shape index (κ2) is 5.37. The Balaban J connectivity index is 1.49. The van der Waals surface area contributed by atoms with E-state index in [0.717, 1.165) is 38.1 Å². The summed E-state index contributed by atoms with van der Waals surface area (Å²) in [6, 6.07) is 2.78. The summed E-state index contributed by atoms with van der Waals surface area (Å²) in [5.74, 6) is 1.11. The van der Waals surface area contributed by atoms with Crippen molar-refractivity contribution in [2.45, 2.75) is 57.7 Å². The first-order valence-electron chi connectivity index (χ1n) is 7.72. The molecule has 21 heavy (non-hydrogen) atoms. The van der Waals surface area contributed by atoms with Gasteiger partial charge in [0.1, 0.15) is 11.4 Å². The number of aryl methyl sites for hydroxylation is 1. The largest absolute Gasteiger partial charge is 0.469 e. The van der Waals surface area contributed by atoms with Crippen LogP contribution in [-0.4, -0.2) is 35.7 Å². The summed E-state index contributed by atoms with van der Waals surface area (Å²) in [6.07, 6.45) is 4.89. The smallest absolute Gasteiger partial charge is 0.410 e. The van der Waals surface area contributed by atoms with E-state index in [1.54, 1.807) is 11.2 Å². The molecule has 0 radical (unpaired) electrons. The zero-order valence-electron chi connectivity index (χ0n) is 13.0. The van der Waals surface area contributed by atoms with Crippen LogP contribution in [0.1, 0.15) is 51.0 Å². The number of hydrogen-bond acceptors (Lipinski definition) is 4. The fourth-order valence-corrected chi connectivity index (χ4v) is 3.00. The number of rotatable bonds is 2. The van der Waals surface area contributed by atoms with Gasteiger partial charge in [-0.3, -0.25) is 0 Å². The summed E-state index contributed by atoms with van der Waals surface area (Å²) in [6.45, 7) is 7.12. The van der Waals surface area contributed by atoms with Gasteiger partial charge in [-0.25, -0.2) is 4.79 Å². The fraction of sp³-hybridized carbons (Fsp3) is 0.688. The van der Waals surface area contributed by atoms with Gasteiger partial charge in [-0.2, -0.15) is 0 Å². The van der Waals surface area contributed by atoms with Gasteiger partial charge in [0.25, 0.3) is 0 Å². The van der Waals surface area contributed by atoms with Gasteiger partial charge in [-0.05, 0) is 39.7 Å². The maximum Gasteiger partial charge on any atom is 0.410 e. The SMILES string of the molecule is CC(C)(C)OC(=O)N1CC(NC2CCCc3occc32)C1. The number of nitrogens with zero attached hydrogens (tertiary/aromatic N) is 1. The van der Waals surface area contributed by atoms with Crippen molar-refractivity contribution in [3.63, 3.8) is 0 Å². The van der Waals surface area contributed by atoms with Crippen LogP contribution in [-0.2, 0) is 11.2 Å². The van der Waals surface area contributed by atoms with E-state index in [1.807, 2.05) is 20.8 Å². The molecule has 0 aromatic carbocycles. The summed E-state index contributed by atoms with van der Waals surface area (Å²) in [5.41, 5.74) is 0.863. The molecule has 0 saturated carbocycles. The molecule has 1 unspecified atom stereocenters. The quantitative estimate of drug-likeness (QED) is 0.910. The average molecular weight is 292 g/mol. The van der Waals surface area contributed by atoms with Gasteiger partial charge in [-0.1, -0.05) is 0 Å². The third-order valence-corrected chi connectivity index (χ3v) is 4.02. The minimum Gasteiger partial charge on any atom is -0.469 e. The van der Waals surface area contributed by atoms with Crippen LogP contribution < -0.4 is 5.32 Å². The second-order valence-electron chi connectivity index (χ2n) is 6.99. The third-order valence-electron chi connectivity index (χ3n) is 4.02. The predicted octanol–water partition coefficient (Wildman–Crippen LogP) is 2.87. The molecule has 0 bridgehead atoms. The number of likely N-dealkylation sites (tertiary alicyclic amines) is 1. The second-order valence-corrected chi connectivity index (χ2v) is 6.99. The van der Waals surface area contributed by atoms with Gasteiger partial charge in [0, 0.05) is 37.2 Å². The van der Waals surface area contributed by atoms with Crippen LogP contribution in [0, 0.1) is 0 Å². The molecule has 5 nitrogen and oxygen atoms in total. The van der Waals surface area contributed by atoms with E-state index >= 15 is 0 Å². The first kappa shape index (κ1) is 14.4. The van der Waals surface area contributed by atoms with Crippen molar-refractivity contribution in [2.75, 3.05) is 13.1 Å². The lowest BCUT2D eigenvalue weighted by Gasteiger charge is -2.42. The molecule has 1 aliphatic carbocycles. The highest BCUT2D eigenvalue weighted by molar-refractivity contribution is 5.69. The minimum absolute atomic E-state index is 0.215. The molecule has 1 N–H and O–H groups in total. The molecule has 1 fully saturated rings. The lowest BCUT2D eigenvalue weighted by molar-refractivity contribution is 0.00387. The van der Waals surface area contributed by atoms with E-state index in [0.29, 0.717) is 12.1 Å². The highest BCUT2D eigenvalue weighted by Gasteiger charge is 2.35. The molecule has 1 aliphatic heterocycles. The van der Waals surface area contributed by atoms with Crippen molar-refractivity contribution in [2.24, 2.45) is 0 Å². The third kappa shape index (κ3) is 3.23. The molecule has 1 saturated heterocycles. The van der Waals surface area contributed by atoms with Crippen molar-refractivity contribution in [3.8, 4) is 0 Å². The van der Waals surface area contributed by atoms with Crippen LogP contribution in [0.25, 0.3) is 0 Å². The highest BCUT2D eigenvalue weighted by atomic mass is 16.6. The van der Waals surface area contributed by atoms with Gasteiger partial charge in [0.2, 0.25) is 0 Å². The lowest BCUT2D eigenvalue weighted by atomic mass is 9.92. The summed E-state index contributed by atoms with van der Waals surface area (Å²) >= 11 is 0. The Morgan fingerprint density at radius 1 is 1.43 bits per heavy atom. The zero-order chi connectivity index (χ0) is 15.0. The van der Waals surface area contributed by atoms with E-state index in [2.05, 4.69) is 11.4 Å². The van der Waals surface area contributed by atoms with Gasteiger partial charge >= 0.3 is 6.09 Å². The number of ether oxygens (including phenoxy) is 1. The molecule has 1 atom stereocenters. The Bertz CT molecular complexity index is 512. The Labute approximate surface area is 125 Å². The van der Waals surface area contributed by atoms with E-state index in [9.17, 15) is 4.79 Å². The van der Waals surface area contributed by atoms with Crippen LogP contribution in [0.5, 0.6) is 0 Å². The Morgan fingerprint density at radius 3 is 2.90 bits per heavy atom. The first-order valence-corrected chi connectivity index (χ1v) is 7.72. The maximum atomic E-state index is 11.9. The molecular formula is C16H24N2O3. The molecule has 1 aromatic heterocycles. The number of carbonyl (C=O) groups excluding carboxylic acids is 1. The maximum absolute atomic E-state index is 11.9. The van der Waals surface area contributed by atoms with E-state index < -0.39 is 5.60 Å². The molecule has 3 rings (SSSR count). The monoisotopic (exact) mass is 292 g/mol. The van der Waals surface area contributed by atoms with Gasteiger partial charge in [0.05, 0.1) is 6.26 Å². The van der Waals surface area contributed by atoms with E-state index in [-0.39, 0.29) is 6.09 Å². The van der Waals surface area contributed by atoms with Crippen molar-refractivity contribution in [3.05, 3.63) is 23.7 Å². The van der Waals surface area contributed by atoms with Crippen LogP contribution in [0.15, 0.2) is 16.7 Å². The van der Waals surface area contributed by atoms with Gasteiger partial charge < -0.3 is 19.4 Å². The topological polar surface area (TPSA) is 54.7 Å². The van der Waals surface area contributed by atoms with Crippen LogP contribution in [0.4, 0.5) is 4.79 Å². The molecule has 0 spiro atoms. The Hall–Kier alpha value is -1.49. The predicted molar refractivity (Wildman–Crippen MR) is 79.1 cm³/mol. The number of nitrogens with one attached hydrogen (secondary N) is 1. The van der Waals surface area contributed by atoms with Crippen LogP contribution >= 0.6 is 0 Å². The Morgan fingerprint density at radius 2 is 2.19 bits per heavy atom. The lowest BCUT2D eigenvalue weighted by Crippen LogP contribution is -2.61. The van der Waals surface area contributed by atoms with Crippen molar-refractivity contribution in [1.29, 1.82) is 0 Å². The molecule has 2 heterocycles. The first-order chi connectivity index (χ1) is 9.92. The van der Waals surface area contributed by atoms with Crippen LogP contribution in [0.2, 0.25) is 0 Å². The summed E-state index contributed by atoms with van der Waals surface area (Å²) in [4.78, 5) is 13.6. The summed E-state index contributed by atoms with van der Waals surface area (Å²) in [5, 5.41) is 3.64. The summed E-state index contributed by atoms with van der Waals surface area (Å²) in [7, 11) is 0. The number of furan rings is 1. The van der Waals surface area contributed by atoms with Crippen molar-refractivity contribution < 1.29 is 13.9 Å². The van der Waals surface area contributed by atoms with Gasteiger partial charge in [0.15, 0.2) is 0 Å². The van der Waals surface area contributed by atoms with Crippen molar-refractivity contribution in [1.82, 2.24) is 10.2 Å². The van der Waals surface area contributed by atoms with Crippen LogP contribution in [0.3, 0.4) is 0 Å². The molecular weight excluding hydrogens is 268 g/mol. The number of hydrogen-bond donors (Lipinski definition) is 1. The minimum atomic E-state index is -0.426. The standard InChI is InChI=1S/C16H24N2O3/c1-16(2,3)21-15(19)18-9-11(10-18)17-13-5-4-6-14-12(13)7-8-20-14/h7-8,11,13,17H,4-6,9-10H2,1-3H3. The average Bonchev–Trinajstić information content (AvgIpc) is 2.79. The number of carbonyl (C=O) groups is 1. The molecule has 2 aliphatic rings. The molecule has 1 amide bonds. The fourth-order valence-electron chi connectivity index (χ4n) is 3.00. The Kier molecular flexibility index (Phi) is 3.69. The van der Waals surface area contributed by atoms with E-state index in [4.69, 9.17) is 9.15 Å². The van der Waals surface area contributed by atoms with Crippen molar-refractivity contribution >= 4 is 6.09 Å². The number of fused-ring (bicyclic) bond motifs is 1. The zero-order valence-corrected chi connectivity index (χ0v) is 13.0. The van der Waals surface area contributed by atoms with E-state index in [1.165, 1.54) is 5.56 Å². The molecule has 116 valence electrons. The normalized spacial score (nSPS) is 22.6. The number of amides is 1. The molecule has 5 heteroatoms. The molecule has 1 aromatic rings. The van der Waals surface area contributed by atoms with Gasteiger partial charge in [-0.15, -0.1) is 0 Å².